The lowest BCUT2D eigenvalue weighted by Crippen LogP contribution is -2.32. The number of nitrogens with one attached hydrogen (secondary N) is 2. The van der Waals surface area contributed by atoms with Crippen LogP contribution in [0.15, 0.2) is 78.9 Å². The largest absolute Gasteiger partial charge is 0.346 e. The molecule has 4 rings (SSSR count). The first-order valence-corrected chi connectivity index (χ1v) is 9.20. The molecule has 0 aliphatic carbocycles. The molecule has 1 unspecified atom stereocenters. The summed E-state index contributed by atoms with van der Waals surface area (Å²) >= 11 is 0. The van der Waals surface area contributed by atoms with E-state index in [-0.39, 0.29) is 24.2 Å². The van der Waals surface area contributed by atoms with Gasteiger partial charge < -0.3 is 10.3 Å². The Hall–Kier alpha value is -3.47. The van der Waals surface area contributed by atoms with E-state index in [1.165, 1.54) is 6.07 Å². The number of amides is 1. The fraction of sp³-hybridized carbons (Fsp3) is 0.130. The molecule has 4 aromatic rings. The highest BCUT2D eigenvalue weighted by Crippen LogP contribution is 2.20. The lowest BCUT2D eigenvalue weighted by molar-refractivity contribution is -0.121. The van der Waals surface area contributed by atoms with Gasteiger partial charge in [0.25, 0.3) is 0 Å². The number of hydrogen-bond donors (Lipinski definition) is 2. The summed E-state index contributed by atoms with van der Waals surface area (Å²) in [5, 5.41) is 3.02. The highest BCUT2D eigenvalue weighted by atomic mass is 19.1. The third-order valence-corrected chi connectivity index (χ3v) is 4.66. The number of nitrogens with zero attached hydrogens (tertiary/aromatic N) is 1. The van der Waals surface area contributed by atoms with Crippen molar-refractivity contribution in [1.29, 1.82) is 0 Å². The summed E-state index contributed by atoms with van der Waals surface area (Å²) in [5.74, 6) is 0.0689. The maximum absolute atomic E-state index is 13.9. The van der Waals surface area contributed by atoms with Gasteiger partial charge in [-0.1, -0.05) is 60.7 Å². The van der Waals surface area contributed by atoms with Gasteiger partial charge in [0.05, 0.1) is 23.5 Å². The molecule has 0 fully saturated rings. The fourth-order valence-electron chi connectivity index (χ4n) is 3.26. The number of hydrogen-bond acceptors (Lipinski definition) is 2. The van der Waals surface area contributed by atoms with E-state index in [0.29, 0.717) is 17.8 Å². The predicted molar refractivity (Wildman–Crippen MR) is 107 cm³/mol. The van der Waals surface area contributed by atoms with Gasteiger partial charge >= 0.3 is 0 Å². The topological polar surface area (TPSA) is 57.8 Å². The monoisotopic (exact) mass is 373 g/mol. The number of para-hydroxylation sites is 2. The molecule has 1 heterocycles. The molecule has 1 amide bonds. The SMILES string of the molecule is O=C(Cc1ccccc1F)NC(Cc1ccccc1)c1nc2ccccc2[nH]1. The molecule has 4 nitrogen and oxygen atoms in total. The predicted octanol–water partition coefficient (Wildman–Crippen LogP) is 4.34. The summed E-state index contributed by atoms with van der Waals surface area (Å²) in [6.07, 6.45) is 0.571. The van der Waals surface area contributed by atoms with Crippen LogP contribution in [0.4, 0.5) is 4.39 Å². The van der Waals surface area contributed by atoms with Gasteiger partial charge in [0.2, 0.25) is 5.91 Å². The molecule has 0 saturated heterocycles. The summed E-state index contributed by atoms with van der Waals surface area (Å²) in [5.41, 5.74) is 3.22. The van der Waals surface area contributed by atoms with Crippen molar-refractivity contribution < 1.29 is 9.18 Å². The van der Waals surface area contributed by atoms with E-state index < -0.39 is 0 Å². The standard InChI is InChI=1S/C23H20FN3O/c24-18-11-5-4-10-17(18)15-22(28)25-21(14-16-8-2-1-3-9-16)23-26-19-12-6-7-13-20(19)27-23/h1-13,21H,14-15H2,(H,25,28)(H,26,27). The van der Waals surface area contributed by atoms with E-state index in [2.05, 4.69) is 15.3 Å². The number of carbonyl (C=O) groups is 1. The lowest BCUT2D eigenvalue weighted by Gasteiger charge is -2.17. The molecule has 5 heteroatoms. The minimum atomic E-state index is -0.374. The van der Waals surface area contributed by atoms with Crippen molar-refractivity contribution >= 4 is 16.9 Å². The molecule has 0 aliphatic rings. The van der Waals surface area contributed by atoms with Crippen molar-refractivity contribution in [3.63, 3.8) is 0 Å². The molecule has 2 N–H and O–H groups in total. The average molecular weight is 373 g/mol. The van der Waals surface area contributed by atoms with E-state index in [9.17, 15) is 9.18 Å². The van der Waals surface area contributed by atoms with Gasteiger partial charge in [-0.15, -0.1) is 0 Å². The Kier molecular flexibility index (Phi) is 5.15. The Morgan fingerprint density at radius 1 is 0.964 bits per heavy atom. The summed E-state index contributed by atoms with van der Waals surface area (Å²) < 4.78 is 13.9. The molecular formula is C23H20FN3O. The van der Waals surface area contributed by atoms with Gasteiger partial charge in [-0.3, -0.25) is 4.79 Å². The zero-order valence-electron chi connectivity index (χ0n) is 15.2. The molecule has 0 radical (unpaired) electrons. The maximum Gasteiger partial charge on any atom is 0.225 e. The van der Waals surface area contributed by atoms with Crippen LogP contribution in [0.25, 0.3) is 11.0 Å². The summed E-state index contributed by atoms with van der Waals surface area (Å²) in [4.78, 5) is 20.6. The zero-order chi connectivity index (χ0) is 19.3. The van der Waals surface area contributed by atoms with Crippen molar-refractivity contribution in [3.8, 4) is 0 Å². The summed E-state index contributed by atoms with van der Waals surface area (Å²) in [7, 11) is 0. The highest BCUT2D eigenvalue weighted by Gasteiger charge is 2.20. The smallest absolute Gasteiger partial charge is 0.225 e. The average Bonchev–Trinajstić information content (AvgIpc) is 3.14. The number of carbonyl (C=O) groups excluding carboxylic acids is 1. The van der Waals surface area contributed by atoms with E-state index in [1.54, 1.807) is 18.2 Å². The Bertz CT molecular complexity index is 1060. The second-order valence-corrected chi connectivity index (χ2v) is 6.72. The molecule has 28 heavy (non-hydrogen) atoms. The van der Waals surface area contributed by atoms with Crippen molar-refractivity contribution in [2.24, 2.45) is 0 Å². The molecule has 3 aromatic carbocycles. The van der Waals surface area contributed by atoms with Crippen LogP contribution in [-0.2, 0) is 17.6 Å². The second kappa shape index (κ2) is 8.05. The van der Waals surface area contributed by atoms with E-state index in [1.807, 2.05) is 54.6 Å². The number of imidazole rings is 1. The molecule has 0 bridgehead atoms. The Labute approximate surface area is 162 Å². The van der Waals surface area contributed by atoms with Gasteiger partial charge in [-0.25, -0.2) is 9.37 Å². The Morgan fingerprint density at radius 2 is 1.68 bits per heavy atom. The van der Waals surface area contributed by atoms with E-state index >= 15 is 0 Å². The van der Waals surface area contributed by atoms with Crippen LogP contribution in [0.5, 0.6) is 0 Å². The van der Waals surface area contributed by atoms with E-state index in [4.69, 9.17) is 0 Å². The number of aromatic amines is 1. The Balaban J connectivity index is 1.59. The Morgan fingerprint density at radius 3 is 2.46 bits per heavy atom. The summed E-state index contributed by atoms with van der Waals surface area (Å²) in [6.45, 7) is 0. The van der Waals surface area contributed by atoms with Crippen LogP contribution in [-0.4, -0.2) is 15.9 Å². The van der Waals surface area contributed by atoms with Gasteiger partial charge in [-0.05, 0) is 35.7 Å². The van der Waals surface area contributed by atoms with Crippen molar-refractivity contribution in [3.05, 3.63) is 102 Å². The number of benzene rings is 3. The normalized spacial score (nSPS) is 12.0. The first kappa shape index (κ1) is 17.9. The molecular weight excluding hydrogens is 353 g/mol. The van der Waals surface area contributed by atoms with Gasteiger partial charge in [0, 0.05) is 0 Å². The van der Waals surface area contributed by atoms with Crippen LogP contribution in [0.1, 0.15) is 23.0 Å². The van der Waals surface area contributed by atoms with Gasteiger partial charge in [-0.2, -0.15) is 0 Å². The number of aromatic nitrogens is 2. The highest BCUT2D eigenvalue weighted by molar-refractivity contribution is 5.79. The van der Waals surface area contributed by atoms with E-state index in [0.717, 1.165) is 16.6 Å². The molecule has 0 saturated carbocycles. The summed E-state index contributed by atoms with van der Waals surface area (Å²) in [6, 6.07) is 23.6. The molecule has 0 spiro atoms. The minimum Gasteiger partial charge on any atom is -0.346 e. The first-order chi connectivity index (χ1) is 13.7. The lowest BCUT2D eigenvalue weighted by atomic mass is 10.0. The molecule has 1 atom stereocenters. The third kappa shape index (κ3) is 4.09. The molecule has 0 aliphatic heterocycles. The third-order valence-electron chi connectivity index (χ3n) is 4.66. The van der Waals surface area contributed by atoms with Crippen LogP contribution >= 0.6 is 0 Å². The van der Waals surface area contributed by atoms with Crippen molar-refractivity contribution in [2.45, 2.75) is 18.9 Å². The second-order valence-electron chi connectivity index (χ2n) is 6.72. The maximum atomic E-state index is 13.9. The zero-order valence-corrected chi connectivity index (χ0v) is 15.2. The fourth-order valence-corrected chi connectivity index (χ4v) is 3.26. The van der Waals surface area contributed by atoms with Crippen LogP contribution in [0, 0.1) is 5.82 Å². The number of rotatable bonds is 6. The van der Waals surface area contributed by atoms with Crippen molar-refractivity contribution in [2.75, 3.05) is 0 Å². The molecule has 1 aromatic heterocycles. The van der Waals surface area contributed by atoms with Gasteiger partial charge in [0.15, 0.2) is 0 Å². The molecule has 140 valence electrons. The van der Waals surface area contributed by atoms with Crippen LogP contribution in [0.2, 0.25) is 0 Å². The van der Waals surface area contributed by atoms with Crippen LogP contribution < -0.4 is 5.32 Å². The number of halogens is 1. The number of fused-ring (bicyclic) bond motifs is 1. The van der Waals surface area contributed by atoms with Crippen molar-refractivity contribution in [1.82, 2.24) is 15.3 Å². The quantitative estimate of drug-likeness (QED) is 0.528. The van der Waals surface area contributed by atoms with Crippen LogP contribution in [0.3, 0.4) is 0 Å². The minimum absolute atomic E-state index is 0.0157. The number of H-pyrrole nitrogens is 1. The van der Waals surface area contributed by atoms with Gasteiger partial charge in [0.1, 0.15) is 11.6 Å². The first-order valence-electron chi connectivity index (χ1n) is 9.20.